The summed E-state index contributed by atoms with van der Waals surface area (Å²) in [6.07, 6.45) is 0. The molecule has 0 saturated carbocycles. The first kappa shape index (κ1) is 7.90. The highest BCUT2D eigenvalue weighted by atomic mass is 35.5. The highest BCUT2D eigenvalue weighted by Crippen LogP contribution is 2.25. The topological polar surface area (TPSA) is 28.7 Å². The number of rotatable bonds is 0. The van der Waals surface area contributed by atoms with Crippen LogP contribution in [0.2, 0.25) is 10.3 Å². The molecule has 0 saturated heterocycles. The Morgan fingerprint density at radius 1 is 1.33 bits per heavy atom. The van der Waals surface area contributed by atoms with E-state index in [1.54, 1.807) is 0 Å². The third kappa shape index (κ3) is 1.08. The van der Waals surface area contributed by atoms with Crippen molar-refractivity contribution in [1.82, 2.24) is 9.97 Å². The lowest BCUT2D eigenvalue weighted by atomic mass is 10.2. The Hall–Kier alpha value is -0.730. The molecular formula is C8H6Cl2N2. The van der Waals surface area contributed by atoms with Crippen LogP contribution in [-0.2, 0) is 0 Å². The third-order valence-electron chi connectivity index (χ3n) is 1.76. The van der Waals surface area contributed by atoms with E-state index < -0.39 is 0 Å². The van der Waals surface area contributed by atoms with Gasteiger partial charge in [0.2, 0.25) is 5.28 Å². The molecule has 0 aliphatic heterocycles. The Morgan fingerprint density at radius 3 is 2.83 bits per heavy atom. The maximum atomic E-state index is 6.00. The van der Waals surface area contributed by atoms with Crippen LogP contribution in [0.3, 0.4) is 0 Å². The number of fused-ring (bicyclic) bond motifs is 1. The molecule has 2 aromatic rings. The Bertz CT molecular complexity index is 434. The van der Waals surface area contributed by atoms with E-state index >= 15 is 0 Å². The van der Waals surface area contributed by atoms with E-state index in [0.29, 0.717) is 10.3 Å². The molecule has 0 bridgehead atoms. The Kier molecular flexibility index (Phi) is 1.74. The normalized spacial score (nSPS) is 10.9. The molecule has 0 unspecified atom stereocenters. The molecule has 62 valence electrons. The third-order valence-corrected chi connectivity index (χ3v) is 2.41. The largest absolute Gasteiger partial charge is 0.329 e. The van der Waals surface area contributed by atoms with Crippen molar-refractivity contribution in [2.75, 3.05) is 0 Å². The van der Waals surface area contributed by atoms with Crippen molar-refractivity contribution in [2.24, 2.45) is 0 Å². The van der Waals surface area contributed by atoms with Crippen molar-refractivity contribution >= 4 is 34.2 Å². The van der Waals surface area contributed by atoms with Gasteiger partial charge in [-0.15, -0.1) is 0 Å². The molecule has 0 aliphatic carbocycles. The zero-order valence-electron chi connectivity index (χ0n) is 6.36. The number of benzene rings is 1. The Morgan fingerprint density at radius 2 is 2.08 bits per heavy atom. The fraction of sp³-hybridized carbons (Fsp3) is 0.125. The summed E-state index contributed by atoms with van der Waals surface area (Å²) in [7, 11) is 0. The van der Waals surface area contributed by atoms with Crippen LogP contribution in [0.5, 0.6) is 0 Å². The minimum absolute atomic E-state index is 0.373. The van der Waals surface area contributed by atoms with Crippen LogP contribution < -0.4 is 0 Å². The van der Waals surface area contributed by atoms with E-state index in [1.807, 2.05) is 19.1 Å². The Labute approximate surface area is 79.5 Å². The van der Waals surface area contributed by atoms with E-state index in [4.69, 9.17) is 23.2 Å². The molecule has 4 heteroatoms. The van der Waals surface area contributed by atoms with Crippen molar-refractivity contribution in [2.45, 2.75) is 6.92 Å². The second-order valence-electron chi connectivity index (χ2n) is 2.62. The van der Waals surface area contributed by atoms with Gasteiger partial charge in [0.05, 0.1) is 10.5 Å². The maximum Gasteiger partial charge on any atom is 0.201 e. The van der Waals surface area contributed by atoms with Gasteiger partial charge in [-0.25, -0.2) is 4.98 Å². The summed E-state index contributed by atoms with van der Waals surface area (Å²) in [6, 6.07) is 3.84. The number of aryl methyl sites for hydroxylation is 1. The molecule has 0 spiro atoms. The van der Waals surface area contributed by atoms with Gasteiger partial charge < -0.3 is 4.98 Å². The number of imidazole rings is 1. The predicted octanol–water partition coefficient (Wildman–Crippen LogP) is 3.18. The second-order valence-corrected chi connectivity index (χ2v) is 3.36. The monoisotopic (exact) mass is 200 g/mol. The Balaban J connectivity index is 2.89. The van der Waals surface area contributed by atoms with Crippen molar-refractivity contribution in [3.63, 3.8) is 0 Å². The summed E-state index contributed by atoms with van der Waals surface area (Å²) in [6.45, 7) is 1.93. The molecule has 1 aromatic carbocycles. The smallest absolute Gasteiger partial charge is 0.201 e. The van der Waals surface area contributed by atoms with Crippen LogP contribution in [0, 0.1) is 6.92 Å². The summed E-state index contributed by atoms with van der Waals surface area (Å²) in [4.78, 5) is 6.95. The summed E-state index contributed by atoms with van der Waals surface area (Å²) in [5.74, 6) is 0. The minimum Gasteiger partial charge on any atom is -0.329 e. The minimum atomic E-state index is 0.373. The quantitative estimate of drug-likeness (QED) is 0.696. The van der Waals surface area contributed by atoms with Gasteiger partial charge in [0, 0.05) is 0 Å². The van der Waals surface area contributed by atoms with Gasteiger partial charge in [-0.05, 0) is 30.2 Å². The van der Waals surface area contributed by atoms with E-state index in [0.717, 1.165) is 16.6 Å². The second kappa shape index (κ2) is 2.64. The summed E-state index contributed by atoms with van der Waals surface area (Å²) < 4.78 is 0. The number of hydrogen-bond donors (Lipinski definition) is 1. The highest BCUT2D eigenvalue weighted by molar-refractivity contribution is 6.36. The fourth-order valence-electron chi connectivity index (χ4n) is 1.11. The molecule has 2 nitrogen and oxygen atoms in total. The van der Waals surface area contributed by atoms with Crippen molar-refractivity contribution < 1.29 is 0 Å². The van der Waals surface area contributed by atoms with E-state index in [9.17, 15) is 0 Å². The average Bonchev–Trinajstić information content (AvgIpc) is 2.39. The lowest BCUT2D eigenvalue weighted by Crippen LogP contribution is -1.76. The van der Waals surface area contributed by atoms with Gasteiger partial charge in [0.25, 0.3) is 0 Å². The SMILES string of the molecule is Cc1ccc2[nH]c(Cl)nc2c1Cl. The van der Waals surface area contributed by atoms with Gasteiger partial charge in [-0.3, -0.25) is 0 Å². The number of aromatic nitrogens is 2. The molecule has 1 N–H and O–H groups in total. The summed E-state index contributed by atoms with van der Waals surface area (Å²) in [5.41, 5.74) is 2.62. The fourth-order valence-corrected chi connectivity index (χ4v) is 1.51. The average molecular weight is 201 g/mol. The van der Waals surface area contributed by atoms with E-state index in [-0.39, 0.29) is 0 Å². The maximum absolute atomic E-state index is 6.00. The number of nitrogens with one attached hydrogen (secondary N) is 1. The first-order chi connectivity index (χ1) is 5.68. The molecule has 1 aromatic heterocycles. The lowest BCUT2D eigenvalue weighted by Gasteiger charge is -1.95. The van der Waals surface area contributed by atoms with Crippen LogP contribution in [0.25, 0.3) is 11.0 Å². The van der Waals surface area contributed by atoms with Gasteiger partial charge in [0.15, 0.2) is 0 Å². The molecule has 0 amide bonds. The first-order valence-corrected chi connectivity index (χ1v) is 4.24. The standard InChI is InChI=1S/C8H6Cl2N2/c1-4-2-3-5-7(6(4)9)12-8(10)11-5/h2-3H,1H3,(H,11,12). The number of H-pyrrole nitrogens is 1. The van der Waals surface area contributed by atoms with Gasteiger partial charge in [-0.1, -0.05) is 17.7 Å². The molecule has 0 radical (unpaired) electrons. The van der Waals surface area contributed by atoms with E-state index in [1.165, 1.54) is 0 Å². The molecule has 0 fully saturated rings. The molecule has 12 heavy (non-hydrogen) atoms. The van der Waals surface area contributed by atoms with Crippen molar-refractivity contribution in [3.05, 3.63) is 28.0 Å². The van der Waals surface area contributed by atoms with Crippen LogP contribution in [0.4, 0.5) is 0 Å². The molecule has 0 aliphatic rings. The first-order valence-electron chi connectivity index (χ1n) is 3.49. The van der Waals surface area contributed by atoms with Gasteiger partial charge in [0.1, 0.15) is 5.52 Å². The molecule has 1 heterocycles. The van der Waals surface area contributed by atoms with Crippen LogP contribution in [-0.4, -0.2) is 9.97 Å². The van der Waals surface area contributed by atoms with Crippen molar-refractivity contribution in [1.29, 1.82) is 0 Å². The molecular weight excluding hydrogens is 195 g/mol. The molecule has 0 atom stereocenters. The summed E-state index contributed by atoms with van der Waals surface area (Å²) in [5, 5.41) is 1.04. The zero-order valence-corrected chi connectivity index (χ0v) is 7.87. The summed E-state index contributed by atoms with van der Waals surface area (Å²) >= 11 is 11.7. The molecule has 2 rings (SSSR count). The highest BCUT2D eigenvalue weighted by Gasteiger charge is 2.06. The number of hydrogen-bond acceptors (Lipinski definition) is 1. The number of halogens is 2. The van der Waals surface area contributed by atoms with E-state index in [2.05, 4.69) is 9.97 Å². The lowest BCUT2D eigenvalue weighted by molar-refractivity contribution is 1.34. The van der Waals surface area contributed by atoms with Crippen LogP contribution in [0.15, 0.2) is 12.1 Å². The predicted molar refractivity (Wildman–Crippen MR) is 50.9 cm³/mol. The van der Waals surface area contributed by atoms with Gasteiger partial charge >= 0.3 is 0 Å². The zero-order chi connectivity index (χ0) is 8.72. The number of aromatic amines is 1. The van der Waals surface area contributed by atoms with Crippen molar-refractivity contribution in [3.8, 4) is 0 Å². The number of nitrogens with zero attached hydrogens (tertiary/aromatic N) is 1. The van der Waals surface area contributed by atoms with Crippen LogP contribution in [0.1, 0.15) is 5.56 Å². The van der Waals surface area contributed by atoms with Gasteiger partial charge in [-0.2, -0.15) is 0 Å². The van der Waals surface area contributed by atoms with Crippen LogP contribution >= 0.6 is 23.2 Å².